The molecule has 0 aromatic heterocycles. The summed E-state index contributed by atoms with van der Waals surface area (Å²) >= 11 is 0. The van der Waals surface area contributed by atoms with Gasteiger partial charge in [0.05, 0.1) is 44.3 Å². The van der Waals surface area contributed by atoms with E-state index in [4.69, 9.17) is 28.1 Å². The first kappa shape index (κ1) is 43.9. The van der Waals surface area contributed by atoms with Gasteiger partial charge in [-0.25, -0.2) is 13.6 Å². The topological polar surface area (TPSA) is 116 Å². The highest BCUT2D eigenvalue weighted by atomic mass is 28.4. The zero-order chi connectivity index (χ0) is 41.3. The molecule has 1 fully saturated rings. The van der Waals surface area contributed by atoms with Crippen molar-refractivity contribution in [3.05, 3.63) is 83.4 Å². The van der Waals surface area contributed by atoms with Gasteiger partial charge in [0.2, 0.25) is 8.32 Å². The van der Waals surface area contributed by atoms with Crippen molar-refractivity contribution in [2.45, 2.75) is 95.7 Å². The van der Waals surface area contributed by atoms with Gasteiger partial charge in [-0.1, -0.05) is 59.7 Å². The summed E-state index contributed by atoms with van der Waals surface area (Å²) in [4.78, 5) is 28.7. The molecule has 1 N–H and O–H groups in total. The Morgan fingerprint density at radius 3 is 2.23 bits per heavy atom. The number of methoxy groups -OCH3 is 1. The first-order chi connectivity index (χ1) is 27.2. The standard InChI is InChI=1S/C43H58F2N2O9Si/c1-28(2)57(29(3)4,30(5)6)56-40-25-46(43(49)50)24-39(54-26-31-10-17-37-36(22-31)47(18-8-19-51-7)41(48)27-55-37)42(40)32-11-14-34(15-12-32)52-20-9-21-53-38-23-33(44)13-16-35(38)45/h10-17,22-23,28-30,39-40,42H,8-9,18-21,24-27H2,1-7H3,(H,49,50). The van der Waals surface area contributed by atoms with E-state index in [0.717, 1.165) is 29.3 Å². The second-order valence-electron chi connectivity index (χ2n) is 15.7. The summed E-state index contributed by atoms with van der Waals surface area (Å²) in [5, 5.41) is 10.4. The number of carboxylic acid groups (broad SMARTS) is 1. The molecule has 0 bridgehead atoms. The van der Waals surface area contributed by atoms with E-state index < -0.39 is 38.3 Å². The number of likely N-dealkylation sites (tertiary alicyclic amines) is 1. The van der Waals surface area contributed by atoms with Crippen LogP contribution >= 0.6 is 0 Å². The summed E-state index contributed by atoms with van der Waals surface area (Å²) in [6, 6.07) is 16.4. The number of hydrogen-bond acceptors (Lipinski definition) is 8. The number of piperidine rings is 1. The lowest BCUT2D eigenvalue weighted by Gasteiger charge is -2.50. The molecule has 57 heavy (non-hydrogen) atoms. The maximum atomic E-state index is 13.9. The predicted molar refractivity (Wildman–Crippen MR) is 216 cm³/mol. The number of benzene rings is 3. The number of fused-ring (bicyclic) bond motifs is 1. The molecular weight excluding hydrogens is 755 g/mol. The predicted octanol–water partition coefficient (Wildman–Crippen LogP) is 8.80. The molecule has 14 heteroatoms. The summed E-state index contributed by atoms with van der Waals surface area (Å²) in [7, 11) is -0.870. The van der Waals surface area contributed by atoms with Crippen molar-refractivity contribution >= 4 is 26.0 Å². The van der Waals surface area contributed by atoms with Gasteiger partial charge in [-0.05, 0) is 70.6 Å². The van der Waals surface area contributed by atoms with Gasteiger partial charge in [-0.2, -0.15) is 0 Å². The van der Waals surface area contributed by atoms with Crippen molar-refractivity contribution in [3.63, 3.8) is 0 Å². The zero-order valence-electron chi connectivity index (χ0n) is 34.2. The molecule has 0 radical (unpaired) electrons. The first-order valence-corrected chi connectivity index (χ1v) is 22.0. The molecule has 312 valence electrons. The van der Waals surface area contributed by atoms with Crippen molar-refractivity contribution in [1.82, 2.24) is 4.90 Å². The molecule has 2 amide bonds. The normalized spacial score (nSPS) is 18.6. The maximum absolute atomic E-state index is 13.9. The van der Waals surface area contributed by atoms with Crippen LogP contribution in [-0.2, 0) is 25.3 Å². The van der Waals surface area contributed by atoms with E-state index in [1.54, 1.807) is 12.0 Å². The summed E-state index contributed by atoms with van der Waals surface area (Å²) in [5.41, 5.74) is 3.21. The molecule has 2 aliphatic heterocycles. The fourth-order valence-electron chi connectivity index (χ4n) is 8.46. The van der Waals surface area contributed by atoms with Gasteiger partial charge in [0.25, 0.3) is 5.91 Å². The summed E-state index contributed by atoms with van der Waals surface area (Å²) in [6.07, 6.45) is -0.987. The molecule has 3 unspecified atom stereocenters. The smallest absolute Gasteiger partial charge is 0.407 e. The Morgan fingerprint density at radius 1 is 0.877 bits per heavy atom. The summed E-state index contributed by atoms with van der Waals surface area (Å²) in [5.74, 6) is -0.564. The highest BCUT2D eigenvalue weighted by Gasteiger charge is 2.51. The SMILES string of the molecule is COCCCN1C(=O)COc2ccc(COC3CN(C(=O)O)CC(O[Si](C(C)C)(C(C)C)C(C)C)C3c3ccc(OCCCOc4cc(F)ccc4F)cc3)cc21. The van der Waals surface area contributed by atoms with E-state index in [1.807, 2.05) is 42.5 Å². The van der Waals surface area contributed by atoms with Crippen LogP contribution in [0.15, 0.2) is 60.7 Å². The minimum atomic E-state index is -2.50. The molecule has 0 spiro atoms. The maximum Gasteiger partial charge on any atom is 0.407 e. The van der Waals surface area contributed by atoms with Crippen molar-refractivity contribution in [3.8, 4) is 17.2 Å². The lowest BCUT2D eigenvalue weighted by molar-refractivity contribution is -0.121. The van der Waals surface area contributed by atoms with E-state index in [9.17, 15) is 23.5 Å². The van der Waals surface area contributed by atoms with Crippen molar-refractivity contribution in [1.29, 1.82) is 0 Å². The second-order valence-corrected chi connectivity index (χ2v) is 21.1. The molecular formula is C43H58F2N2O9Si. The molecule has 2 heterocycles. The van der Waals surface area contributed by atoms with Gasteiger partial charge in [0.15, 0.2) is 18.2 Å². The molecule has 3 aromatic rings. The number of halogens is 2. The Balaban J connectivity index is 1.39. The number of rotatable bonds is 19. The minimum absolute atomic E-state index is 0.0318. The number of anilines is 1. The molecule has 5 rings (SSSR count). The van der Waals surface area contributed by atoms with Crippen molar-refractivity contribution < 1.29 is 51.6 Å². The van der Waals surface area contributed by atoms with Gasteiger partial charge >= 0.3 is 6.09 Å². The number of ether oxygens (including phenoxy) is 5. The third kappa shape index (κ3) is 10.6. The Kier molecular flexibility index (Phi) is 15.4. The van der Waals surface area contributed by atoms with Crippen molar-refractivity contribution in [2.24, 2.45) is 0 Å². The van der Waals surface area contributed by atoms with E-state index >= 15 is 0 Å². The van der Waals surface area contributed by atoms with Gasteiger partial charge in [0, 0.05) is 45.2 Å². The molecule has 3 aromatic carbocycles. The summed E-state index contributed by atoms with van der Waals surface area (Å²) < 4.78 is 63.9. The number of carbonyl (C=O) groups excluding carboxylic acids is 1. The number of carbonyl (C=O) groups is 2. The van der Waals surface area contributed by atoms with Crippen LogP contribution < -0.4 is 19.1 Å². The molecule has 3 atom stereocenters. The van der Waals surface area contributed by atoms with Gasteiger partial charge in [-0.3, -0.25) is 4.79 Å². The lowest BCUT2D eigenvalue weighted by Crippen LogP contribution is -2.59. The Hall–Kier alpha value is -4.24. The van der Waals surface area contributed by atoms with Crippen LogP contribution in [0.4, 0.5) is 19.3 Å². The second kappa shape index (κ2) is 19.9. The average molecular weight is 813 g/mol. The van der Waals surface area contributed by atoms with Crippen LogP contribution in [0.25, 0.3) is 0 Å². The molecule has 2 aliphatic rings. The Bertz CT molecular complexity index is 1770. The fraction of sp³-hybridized carbons (Fsp3) is 0.535. The minimum Gasteiger partial charge on any atom is -0.493 e. The van der Waals surface area contributed by atoms with Crippen LogP contribution in [0.2, 0.25) is 16.6 Å². The highest BCUT2D eigenvalue weighted by molar-refractivity contribution is 6.77. The number of amides is 2. The molecule has 0 saturated carbocycles. The lowest BCUT2D eigenvalue weighted by atomic mass is 9.84. The van der Waals surface area contributed by atoms with Crippen LogP contribution in [0.5, 0.6) is 17.2 Å². The van der Waals surface area contributed by atoms with Gasteiger partial charge in [-0.15, -0.1) is 0 Å². The van der Waals surface area contributed by atoms with Crippen LogP contribution in [0, 0.1) is 11.6 Å². The molecule has 1 saturated heterocycles. The Morgan fingerprint density at radius 2 is 1.56 bits per heavy atom. The Labute approximate surface area is 336 Å². The highest BCUT2D eigenvalue weighted by Crippen LogP contribution is 2.46. The largest absolute Gasteiger partial charge is 0.493 e. The van der Waals surface area contributed by atoms with E-state index in [2.05, 4.69) is 41.5 Å². The number of hydrogen-bond donors (Lipinski definition) is 1. The average Bonchev–Trinajstić information content (AvgIpc) is 3.17. The van der Waals surface area contributed by atoms with Crippen LogP contribution in [0.1, 0.15) is 71.4 Å². The van der Waals surface area contributed by atoms with E-state index in [0.29, 0.717) is 43.2 Å². The molecule has 11 nitrogen and oxygen atoms in total. The fourth-order valence-corrected chi connectivity index (χ4v) is 14.0. The third-order valence-electron chi connectivity index (χ3n) is 11.1. The zero-order valence-corrected chi connectivity index (χ0v) is 35.2. The van der Waals surface area contributed by atoms with Crippen LogP contribution in [0.3, 0.4) is 0 Å². The van der Waals surface area contributed by atoms with Crippen LogP contribution in [-0.4, -0.2) is 95.7 Å². The quantitative estimate of drug-likeness (QED) is 0.0937. The monoisotopic (exact) mass is 812 g/mol. The van der Waals surface area contributed by atoms with E-state index in [-0.39, 0.29) is 73.7 Å². The first-order valence-electron chi connectivity index (χ1n) is 19.9. The molecule has 0 aliphatic carbocycles. The van der Waals surface area contributed by atoms with Crippen molar-refractivity contribution in [2.75, 3.05) is 58.1 Å². The van der Waals surface area contributed by atoms with Gasteiger partial charge in [0.1, 0.15) is 17.3 Å². The van der Waals surface area contributed by atoms with E-state index in [1.165, 1.54) is 4.90 Å². The third-order valence-corrected chi connectivity index (χ3v) is 17.2. The number of nitrogens with zero attached hydrogens (tertiary/aromatic N) is 2. The summed E-state index contributed by atoms with van der Waals surface area (Å²) in [6.45, 7) is 15.2. The van der Waals surface area contributed by atoms with Gasteiger partial charge < -0.3 is 43.0 Å².